The van der Waals surface area contributed by atoms with Crippen LogP contribution < -0.4 is 10.4 Å². The third kappa shape index (κ3) is 5.98. The molecule has 5 heteroatoms. The number of ether oxygens (including phenoxy) is 2. The van der Waals surface area contributed by atoms with Gasteiger partial charge in [0.2, 0.25) is 0 Å². The molecule has 0 bridgehead atoms. The van der Waals surface area contributed by atoms with E-state index in [1.54, 1.807) is 13.0 Å². The Morgan fingerprint density at radius 1 is 1.15 bits per heavy atom. The van der Waals surface area contributed by atoms with Crippen LogP contribution in [0.25, 0.3) is 11.0 Å². The Morgan fingerprint density at radius 3 is 2.56 bits per heavy atom. The predicted octanol–water partition coefficient (Wildman–Crippen LogP) is 4.66. The quantitative estimate of drug-likeness (QED) is 0.263. The third-order valence-electron chi connectivity index (χ3n) is 4.08. The second kappa shape index (κ2) is 9.95. The summed E-state index contributed by atoms with van der Waals surface area (Å²) in [7, 11) is 0. The van der Waals surface area contributed by atoms with Crippen molar-refractivity contribution in [2.75, 3.05) is 13.2 Å². The van der Waals surface area contributed by atoms with Crippen LogP contribution in [0.4, 0.5) is 0 Å². The van der Waals surface area contributed by atoms with Crippen molar-refractivity contribution in [2.24, 2.45) is 5.92 Å². The summed E-state index contributed by atoms with van der Waals surface area (Å²) in [5.41, 5.74) is 1.21. The summed E-state index contributed by atoms with van der Waals surface area (Å²) in [5, 5.41) is 0.822. The van der Waals surface area contributed by atoms with Crippen LogP contribution in [0.3, 0.4) is 0 Å². The molecule has 146 valence electrons. The van der Waals surface area contributed by atoms with E-state index >= 15 is 0 Å². The molecule has 0 N–H and O–H groups in total. The molecule has 1 heterocycles. The number of para-hydroxylation sites is 1. The molecular formula is C22H28O5. The Hall–Kier alpha value is -2.56. The molecule has 1 aromatic heterocycles. The Balaban J connectivity index is 1.97. The van der Waals surface area contributed by atoms with Crippen LogP contribution in [0.2, 0.25) is 0 Å². The van der Waals surface area contributed by atoms with Crippen molar-refractivity contribution in [1.82, 2.24) is 0 Å². The fourth-order valence-electron chi connectivity index (χ4n) is 2.75. The minimum Gasteiger partial charge on any atom is -0.492 e. The molecule has 0 saturated heterocycles. The van der Waals surface area contributed by atoms with Crippen molar-refractivity contribution in [3.63, 3.8) is 0 Å². The second-order valence-electron chi connectivity index (χ2n) is 7.12. The van der Waals surface area contributed by atoms with Crippen LogP contribution in [0.15, 0.2) is 45.6 Å². The van der Waals surface area contributed by atoms with E-state index in [-0.39, 0.29) is 11.6 Å². The fraction of sp³-hybridized carbons (Fsp3) is 0.455. The molecular weight excluding hydrogens is 344 g/mol. The number of benzene rings is 1. The Morgan fingerprint density at radius 2 is 1.85 bits per heavy atom. The van der Waals surface area contributed by atoms with Crippen molar-refractivity contribution in [2.45, 2.75) is 46.5 Å². The number of fused-ring (bicyclic) bond motifs is 1. The summed E-state index contributed by atoms with van der Waals surface area (Å²) >= 11 is 0. The van der Waals surface area contributed by atoms with Crippen LogP contribution >= 0.6 is 0 Å². The number of rotatable bonds is 10. The summed E-state index contributed by atoms with van der Waals surface area (Å²) in [5.74, 6) is 0.593. The predicted molar refractivity (Wildman–Crippen MR) is 106 cm³/mol. The molecule has 5 nitrogen and oxygen atoms in total. The van der Waals surface area contributed by atoms with E-state index < -0.39 is 0 Å². The molecule has 0 fully saturated rings. The van der Waals surface area contributed by atoms with Gasteiger partial charge >= 0.3 is 11.6 Å². The molecule has 0 aliphatic carbocycles. The first kappa shape index (κ1) is 20.7. The number of carbonyl (C=O) groups is 1. The highest BCUT2D eigenvalue weighted by molar-refractivity contribution is 5.87. The van der Waals surface area contributed by atoms with Gasteiger partial charge in [0.1, 0.15) is 11.3 Å². The maximum absolute atomic E-state index is 12.4. The molecule has 2 rings (SSSR count). The summed E-state index contributed by atoms with van der Waals surface area (Å²) in [6.07, 6.45) is 3.04. The van der Waals surface area contributed by atoms with Gasteiger partial charge in [0.15, 0.2) is 0 Å². The number of hydrogen-bond acceptors (Lipinski definition) is 5. The van der Waals surface area contributed by atoms with Gasteiger partial charge in [0, 0.05) is 5.57 Å². The zero-order chi connectivity index (χ0) is 19.8. The van der Waals surface area contributed by atoms with Crippen molar-refractivity contribution < 1.29 is 18.7 Å². The first-order valence-electron chi connectivity index (χ1n) is 9.40. The summed E-state index contributed by atoms with van der Waals surface area (Å²) in [4.78, 5) is 23.7. The molecule has 0 unspecified atom stereocenters. The van der Waals surface area contributed by atoms with Gasteiger partial charge in [-0.2, -0.15) is 0 Å². The minimum atomic E-state index is -0.355. The van der Waals surface area contributed by atoms with Gasteiger partial charge in [-0.1, -0.05) is 32.6 Å². The van der Waals surface area contributed by atoms with Crippen molar-refractivity contribution in [1.29, 1.82) is 0 Å². The molecule has 27 heavy (non-hydrogen) atoms. The van der Waals surface area contributed by atoms with Crippen LogP contribution in [0.5, 0.6) is 5.75 Å². The standard InChI is InChI=1S/C22H28O5/c1-15(2)14-18-20(17-10-6-7-11-19(17)27-22(18)24)25-12-8-5-9-13-26-21(23)16(3)4/h6-7,10-11,15H,3,5,8-9,12-14H2,1-2,4H3. The SMILES string of the molecule is C=C(C)C(=O)OCCCCCOc1c(CC(C)C)c(=O)oc2ccccc12. The van der Waals surface area contributed by atoms with Gasteiger partial charge in [-0.05, 0) is 50.7 Å². The van der Waals surface area contributed by atoms with E-state index in [4.69, 9.17) is 13.9 Å². The largest absolute Gasteiger partial charge is 0.492 e. The molecule has 0 amide bonds. The Kier molecular flexibility index (Phi) is 7.65. The van der Waals surface area contributed by atoms with Gasteiger partial charge in [0.25, 0.3) is 0 Å². The number of esters is 1. The Labute approximate surface area is 160 Å². The van der Waals surface area contributed by atoms with Crippen LogP contribution in [-0.4, -0.2) is 19.2 Å². The summed E-state index contributed by atoms with van der Waals surface area (Å²) in [6.45, 7) is 10.2. The molecule has 0 spiro atoms. The lowest BCUT2D eigenvalue weighted by molar-refractivity contribution is -0.139. The molecule has 0 atom stereocenters. The van der Waals surface area contributed by atoms with E-state index in [9.17, 15) is 9.59 Å². The molecule has 0 aliphatic heterocycles. The zero-order valence-electron chi connectivity index (χ0n) is 16.4. The first-order valence-corrected chi connectivity index (χ1v) is 9.40. The molecule has 1 aromatic carbocycles. The maximum Gasteiger partial charge on any atom is 0.343 e. The zero-order valence-corrected chi connectivity index (χ0v) is 16.4. The van der Waals surface area contributed by atoms with Gasteiger partial charge in [0.05, 0.1) is 24.2 Å². The summed E-state index contributed by atoms with van der Waals surface area (Å²) < 4.78 is 16.5. The molecule has 2 aromatic rings. The lowest BCUT2D eigenvalue weighted by Gasteiger charge is -2.14. The van der Waals surface area contributed by atoms with Gasteiger partial charge in [-0.15, -0.1) is 0 Å². The highest BCUT2D eigenvalue weighted by atomic mass is 16.5. The normalized spacial score (nSPS) is 11.0. The maximum atomic E-state index is 12.4. The monoisotopic (exact) mass is 372 g/mol. The third-order valence-corrected chi connectivity index (χ3v) is 4.08. The average molecular weight is 372 g/mol. The molecule has 0 aliphatic rings. The Bertz CT molecular complexity index is 847. The van der Waals surface area contributed by atoms with Crippen LogP contribution in [-0.2, 0) is 16.0 Å². The number of hydrogen-bond donors (Lipinski definition) is 0. The van der Waals surface area contributed by atoms with E-state index in [0.717, 1.165) is 24.6 Å². The van der Waals surface area contributed by atoms with E-state index in [0.29, 0.717) is 48.0 Å². The highest BCUT2D eigenvalue weighted by Crippen LogP contribution is 2.29. The molecule has 0 saturated carbocycles. The first-order chi connectivity index (χ1) is 12.9. The molecule has 0 radical (unpaired) electrons. The topological polar surface area (TPSA) is 65.7 Å². The highest BCUT2D eigenvalue weighted by Gasteiger charge is 2.17. The fourth-order valence-corrected chi connectivity index (χ4v) is 2.75. The van der Waals surface area contributed by atoms with Crippen LogP contribution in [0.1, 0.15) is 45.6 Å². The van der Waals surface area contributed by atoms with Crippen molar-refractivity contribution >= 4 is 16.9 Å². The van der Waals surface area contributed by atoms with Gasteiger partial charge < -0.3 is 13.9 Å². The van der Waals surface area contributed by atoms with E-state index in [1.165, 1.54) is 0 Å². The minimum absolute atomic E-state index is 0.319. The van der Waals surface area contributed by atoms with Gasteiger partial charge in [-0.25, -0.2) is 9.59 Å². The van der Waals surface area contributed by atoms with Crippen LogP contribution in [0, 0.1) is 5.92 Å². The smallest absolute Gasteiger partial charge is 0.343 e. The average Bonchev–Trinajstić information content (AvgIpc) is 2.62. The van der Waals surface area contributed by atoms with Crippen molar-refractivity contribution in [3.05, 3.63) is 52.4 Å². The van der Waals surface area contributed by atoms with E-state index in [1.807, 2.05) is 18.2 Å². The van der Waals surface area contributed by atoms with Crippen molar-refractivity contribution in [3.8, 4) is 5.75 Å². The number of unbranched alkanes of at least 4 members (excludes halogenated alkanes) is 2. The second-order valence-corrected chi connectivity index (χ2v) is 7.12. The summed E-state index contributed by atoms with van der Waals surface area (Å²) in [6, 6.07) is 7.43. The number of carbonyl (C=O) groups excluding carboxylic acids is 1. The van der Waals surface area contributed by atoms with Gasteiger partial charge in [-0.3, -0.25) is 0 Å². The van der Waals surface area contributed by atoms with E-state index in [2.05, 4.69) is 20.4 Å². The lowest BCUT2D eigenvalue weighted by Crippen LogP contribution is -2.14. The lowest BCUT2D eigenvalue weighted by atomic mass is 10.0.